The fourth-order valence-corrected chi connectivity index (χ4v) is 5.63. The maximum atomic E-state index is 13.6. The Morgan fingerprint density at radius 1 is 0.852 bits per heavy atom. The first-order valence-corrected chi connectivity index (χ1v) is 17.9. The normalized spacial score (nSPS) is 18.0. The zero-order valence-electron chi connectivity index (χ0n) is 31.8. The zero-order chi connectivity index (χ0) is 41.4. The van der Waals surface area contributed by atoms with Crippen LogP contribution >= 0.6 is 0 Å². The van der Waals surface area contributed by atoms with Crippen molar-refractivity contribution in [3.63, 3.8) is 0 Å². The predicted octanol–water partition coefficient (Wildman–Crippen LogP) is -3.95. The molecule has 0 aromatic rings. The van der Waals surface area contributed by atoms with E-state index in [1.807, 2.05) is 0 Å². The zero-order valence-corrected chi connectivity index (χ0v) is 31.8. The van der Waals surface area contributed by atoms with E-state index in [0.717, 1.165) is 4.90 Å². The SMILES string of the molecule is CC(C)C[C@@H](NC(=O)[C@@H](CCC(=O)O)NC(=O)[C@H](NC(=O)[C@@H]([C@@H](C)O)N1C[C@H](NC(=O)[C@H](N)CCCNC(=N)N)CC1=O)C(C)C)C(=O)N[C@H](C)C(N)=O. The third kappa shape index (κ3) is 15.9. The molecule has 306 valence electrons. The van der Waals surface area contributed by atoms with Gasteiger partial charge < -0.3 is 64.2 Å². The Hall–Kier alpha value is -5.05. The van der Waals surface area contributed by atoms with Gasteiger partial charge in [-0.25, -0.2) is 0 Å². The van der Waals surface area contributed by atoms with E-state index in [-0.39, 0.29) is 44.1 Å². The van der Waals surface area contributed by atoms with Crippen molar-refractivity contribution in [3.05, 3.63) is 0 Å². The highest BCUT2D eigenvalue weighted by molar-refractivity contribution is 5.97. The molecule has 0 spiro atoms. The Labute approximate surface area is 314 Å². The summed E-state index contributed by atoms with van der Waals surface area (Å²) in [6.45, 7) is 9.56. The van der Waals surface area contributed by atoms with Crippen LogP contribution < -0.4 is 49.1 Å². The molecule has 0 aromatic carbocycles. The minimum Gasteiger partial charge on any atom is -0.481 e. The second-order valence-electron chi connectivity index (χ2n) is 14.3. The molecule has 1 fully saturated rings. The molecule has 1 aliphatic heterocycles. The van der Waals surface area contributed by atoms with Gasteiger partial charge in [-0.05, 0) is 51.4 Å². The molecule has 0 saturated carbocycles. The number of carboxylic acids is 1. The summed E-state index contributed by atoms with van der Waals surface area (Å²) in [7, 11) is 0. The number of carbonyl (C=O) groups is 8. The van der Waals surface area contributed by atoms with Gasteiger partial charge in [0.2, 0.25) is 41.4 Å². The molecule has 1 heterocycles. The van der Waals surface area contributed by atoms with E-state index in [1.54, 1.807) is 27.7 Å². The van der Waals surface area contributed by atoms with Gasteiger partial charge in [0, 0.05) is 25.9 Å². The van der Waals surface area contributed by atoms with E-state index in [0.29, 0.717) is 13.0 Å². The van der Waals surface area contributed by atoms with Crippen molar-refractivity contribution in [2.45, 2.75) is 128 Å². The highest BCUT2D eigenvalue weighted by Crippen LogP contribution is 2.19. The molecule has 54 heavy (non-hydrogen) atoms. The summed E-state index contributed by atoms with van der Waals surface area (Å²) in [6, 6.07) is -8.18. The molecule has 0 aromatic heterocycles. The lowest BCUT2D eigenvalue weighted by Gasteiger charge is -2.32. The molecule has 7 amide bonds. The number of rotatable bonds is 23. The lowest BCUT2D eigenvalue weighted by Crippen LogP contribution is -2.61. The van der Waals surface area contributed by atoms with Crippen molar-refractivity contribution in [2.75, 3.05) is 13.1 Å². The molecule has 0 radical (unpaired) electrons. The number of nitrogens with one attached hydrogen (secondary N) is 7. The average molecular weight is 770 g/mol. The number of carbonyl (C=O) groups excluding carboxylic acids is 7. The van der Waals surface area contributed by atoms with Gasteiger partial charge in [-0.2, -0.15) is 0 Å². The fourth-order valence-electron chi connectivity index (χ4n) is 5.63. The van der Waals surface area contributed by atoms with Gasteiger partial charge in [-0.1, -0.05) is 27.7 Å². The molecular weight excluding hydrogens is 710 g/mol. The van der Waals surface area contributed by atoms with Crippen LogP contribution in [0.25, 0.3) is 0 Å². The third-order valence-electron chi connectivity index (χ3n) is 8.56. The molecule has 21 nitrogen and oxygen atoms in total. The monoisotopic (exact) mass is 769 g/mol. The third-order valence-corrected chi connectivity index (χ3v) is 8.56. The van der Waals surface area contributed by atoms with Crippen LogP contribution in [0.15, 0.2) is 0 Å². The van der Waals surface area contributed by atoms with Crippen molar-refractivity contribution < 1.29 is 48.6 Å². The number of carboxylic acid groups (broad SMARTS) is 1. The topological polar surface area (TPSA) is 354 Å². The van der Waals surface area contributed by atoms with Gasteiger partial charge >= 0.3 is 5.97 Å². The standard InChI is InChI=1S/C33H59N11O10/c1-15(2)12-22(30(52)39-17(5)27(35)49)42-29(51)21(9-10-24(47)48)41-31(53)25(16(3)4)43-32(54)26(18(6)45)44-14-19(13-23(44)46)40-28(50)20(34)8-7-11-38-33(36)37/h15-22,25-26,45H,7-14,34H2,1-6H3,(H2,35,49)(H,39,52)(H,40,50)(H,41,53)(H,42,51)(H,43,54)(H,47,48)(H4,36,37,38)/t17-,18-,19-,20-,21-,22-,25-,26-/m1/s1. The number of hydrogen-bond acceptors (Lipinski definition) is 11. The molecule has 15 N–H and O–H groups in total. The van der Waals surface area contributed by atoms with Gasteiger partial charge in [0.1, 0.15) is 30.2 Å². The van der Waals surface area contributed by atoms with Crippen LogP contribution in [-0.4, -0.2) is 130 Å². The Kier molecular flexibility index (Phi) is 19.3. The number of aliphatic hydroxyl groups is 1. The Morgan fingerprint density at radius 3 is 1.96 bits per heavy atom. The van der Waals surface area contributed by atoms with Crippen LogP contribution in [0.1, 0.15) is 80.1 Å². The number of guanidine groups is 1. The van der Waals surface area contributed by atoms with E-state index in [2.05, 4.69) is 31.9 Å². The van der Waals surface area contributed by atoms with E-state index >= 15 is 0 Å². The Balaban J connectivity index is 3.12. The molecule has 8 atom stereocenters. The van der Waals surface area contributed by atoms with Crippen LogP contribution in [-0.2, 0) is 38.4 Å². The predicted molar refractivity (Wildman–Crippen MR) is 195 cm³/mol. The number of amides is 7. The van der Waals surface area contributed by atoms with Gasteiger partial charge in [0.05, 0.1) is 18.2 Å². The lowest BCUT2D eigenvalue weighted by molar-refractivity contribution is -0.143. The quantitative estimate of drug-likeness (QED) is 0.0269. The Bertz CT molecular complexity index is 1380. The molecule has 0 unspecified atom stereocenters. The van der Waals surface area contributed by atoms with Gasteiger partial charge in [-0.3, -0.25) is 43.8 Å². The van der Waals surface area contributed by atoms with Crippen LogP contribution in [0.5, 0.6) is 0 Å². The number of likely N-dealkylation sites (tertiary alicyclic amines) is 1. The number of aliphatic hydroxyl groups excluding tert-OH is 1. The van der Waals surface area contributed by atoms with E-state index in [1.165, 1.54) is 13.8 Å². The maximum Gasteiger partial charge on any atom is 0.303 e. The van der Waals surface area contributed by atoms with Crippen LogP contribution in [0.3, 0.4) is 0 Å². The van der Waals surface area contributed by atoms with E-state index in [9.17, 15) is 48.6 Å². The van der Waals surface area contributed by atoms with Crippen molar-refractivity contribution in [1.29, 1.82) is 5.41 Å². The number of aliphatic carboxylic acids is 1. The first-order valence-electron chi connectivity index (χ1n) is 17.9. The second kappa shape index (κ2) is 22.2. The van der Waals surface area contributed by atoms with Crippen molar-refractivity contribution in [2.24, 2.45) is 29.0 Å². The molecule has 0 bridgehead atoms. The highest BCUT2D eigenvalue weighted by atomic mass is 16.4. The largest absolute Gasteiger partial charge is 0.481 e. The van der Waals surface area contributed by atoms with Gasteiger partial charge in [0.25, 0.3) is 0 Å². The first-order chi connectivity index (χ1) is 25.0. The average Bonchev–Trinajstić information content (AvgIpc) is 3.40. The minimum atomic E-state index is -1.48. The number of hydrogen-bond donors (Lipinski definition) is 12. The summed E-state index contributed by atoms with van der Waals surface area (Å²) in [5, 5.41) is 42.3. The first kappa shape index (κ1) is 47.0. The molecule has 1 aliphatic rings. The van der Waals surface area contributed by atoms with Crippen molar-refractivity contribution in [3.8, 4) is 0 Å². The second-order valence-corrected chi connectivity index (χ2v) is 14.3. The van der Waals surface area contributed by atoms with Crippen LogP contribution in [0.2, 0.25) is 0 Å². The lowest BCUT2D eigenvalue weighted by atomic mass is 10.00. The van der Waals surface area contributed by atoms with Gasteiger partial charge in [0.15, 0.2) is 5.96 Å². The summed E-state index contributed by atoms with van der Waals surface area (Å²) in [5.74, 6) is -7.51. The summed E-state index contributed by atoms with van der Waals surface area (Å²) >= 11 is 0. The molecule has 0 aliphatic carbocycles. The summed E-state index contributed by atoms with van der Waals surface area (Å²) in [5.41, 5.74) is 16.4. The van der Waals surface area contributed by atoms with Crippen molar-refractivity contribution >= 4 is 53.3 Å². The summed E-state index contributed by atoms with van der Waals surface area (Å²) in [4.78, 5) is 103. The number of nitrogens with zero attached hydrogens (tertiary/aromatic N) is 1. The molecular formula is C33H59N11O10. The maximum absolute atomic E-state index is 13.6. The molecule has 21 heteroatoms. The molecule has 1 saturated heterocycles. The number of primary amides is 1. The van der Waals surface area contributed by atoms with Crippen LogP contribution in [0, 0.1) is 17.2 Å². The highest BCUT2D eigenvalue weighted by Gasteiger charge is 2.42. The smallest absolute Gasteiger partial charge is 0.303 e. The van der Waals surface area contributed by atoms with Crippen LogP contribution in [0.4, 0.5) is 0 Å². The minimum absolute atomic E-state index is 0.113. The van der Waals surface area contributed by atoms with Crippen molar-refractivity contribution in [1.82, 2.24) is 36.8 Å². The number of nitrogens with two attached hydrogens (primary N) is 3. The fraction of sp³-hybridized carbons (Fsp3) is 0.727. The summed E-state index contributed by atoms with van der Waals surface area (Å²) < 4.78 is 0. The van der Waals surface area contributed by atoms with E-state index < -0.39 is 108 Å². The van der Waals surface area contributed by atoms with Gasteiger partial charge in [-0.15, -0.1) is 0 Å². The molecule has 1 rings (SSSR count). The van der Waals surface area contributed by atoms with E-state index in [4.69, 9.17) is 22.6 Å². The summed E-state index contributed by atoms with van der Waals surface area (Å²) in [6.07, 6.45) is -1.71. The Morgan fingerprint density at radius 2 is 1.44 bits per heavy atom.